The van der Waals surface area contributed by atoms with Crippen molar-refractivity contribution in [3.63, 3.8) is 0 Å². The van der Waals surface area contributed by atoms with Gasteiger partial charge in [0.15, 0.2) is 0 Å². The monoisotopic (exact) mass is 405 g/mol. The molecule has 0 fully saturated rings. The van der Waals surface area contributed by atoms with E-state index >= 15 is 0 Å². The second-order valence-electron chi connectivity index (χ2n) is 7.21. The lowest BCUT2D eigenvalue weighted by atomic mass is 10.1. The second kappa shape index (κ2) is 8.24. The number of para-hydroxylation sites is 2. The first-order valence-corrected chi connectivity index (χ1v) is 9.21. The molecule has 0 aliphatic carbocycles. The van der Waals surface area contributed by atoms with Crippen molar-refractivity contribution in [2.75, 3.05) is 23.8 Å². The van der Waals surface area contributed by atoms with E-state index in [9.17, 15) is 22.8 Å². The number of nitrogens with one attached hydrogen (secondary N) is 1. The van der Waals surface area contributed by atoms with E-state index in [1.54, 1.807) is 54.1 Å². The van der Waals surface area contributed by atoms with Crippen molar-refractivity contribution in [3.05, 3.63) is 59.7 Å². The molecule has 3 rings (SSSR count). The van der Waals surface area contributed by atoms with E-state index in [1.165, 1.54) is 12.1 Å². The Morgan fingerprint density at radius 3 is 2.55 bits per heavy atom. The third-order valence-electron chi connectivity index (χ3n) is 4.80. The lowest BCUT2D eigenvalue weighted by Crippen LogP contribution is -2.44. The first-order chi connectivity index (χ1) is 13.7. The summed E-state index contributed by atoms with van der Waals surface area (Å²) in [4.78, 5) is 28.2. The molecule has 29 heavy (non-hydrogen) atoms. The van der Waals surface area contributed by atoms with Crippen LogP contribution in [0.4, 0.5) is 24.5 Å². The SMILES string of the molecule is C[C@H]1CC(=O)Nc2ccccc2N1C(=O)CN(C)Cc1ccccc1C(F)(F)F. The van der Waals surface area contributed by atoms with Gasteiger partial charge in [-0.25, -0.2) is 0 Å². The molecule has 1 heterocycles. The van der Waals surface area contributed by atoms with Gasteiger partial charge in [0.1, 0.15) is 0 Å². The predicted octanol–water partition coefficient (Wildman–Crippen LogP) is 3.90. The Bertz CT molecular complexity index is 914. The normalized spacial score (nSPS) is 17.0. The fraction of sp³-hybridized carbons (Fsp3) is 0.333. The molecule has 2 aromatic rings. The van der Waals surface area contributed by atoms with Crippen molar-refractivity contribution in [1.82, 2.24) is 4.90 Å². The summed E-state index contributed by atoms with van der Waals surface area (Å²) in [6, 6.07) is 12.0. The standard InChI is InChI=1S/C21H22F3N3O2/c1-14-11-19(28)25-17-9-5-6-10-18(17)27(14)20(29)13-26(2)12-15-7-3-4-8-16(15)21(22,23)24/h3-10,14H,11-13H2,1-2H3,(H,25,28)/t14-/m0/s1. The fourth-order valence-electron chi connectivity index (χ4n) is 3.56. The van der Waals surface area contributed by atoms with Gasteiger partial charge in [0, 0.05) is 19.0 Å². The largest absolute Gasteiger partial charge is 0.416 e. The number of rotatable bonds is 4. The summed E-state index contributed by atoms with van der Waals surface area (Å²) in [6.45, 7) is 1.67. The van der Waals surface area contributed by atoms with Crippen LogP contribution < -0.4 is 10.2 Å². The van der Waals surface area contributed by atoms with Crippen molar-refractivity contribution >= 4 is 23.2 Å². The molecule has 0 saturated heterocycles. The van der Waals surface area contributed by atoms with Crippen LogP contribution in [0.25, 0.3) is 0 Å². The van der Waals surface area contributed by atoms with E-state index in [1.807, 2.05) is 0 Å². The maximum absolute atomic E-state index is 13.2. The van der Waals surface area contributed by atoms with Crippen LogP contribution in [0.15, 0.2) is 48.5 Å². The van der Waals surface area contributed by atoms with E-state index in [0.717, 1.165) is 6.07 Å². The van der Waals surface area contributed by atoms with Gasteiger partial charge in [0.05, 0.1) is 23.5 Å². The summed E-state index contributed by atoms with van der Waals surface area (Å²) in [6.07, 6.45) is -4.31. The first-order valence-electron chi connectivity index (χ1n) is 9.21. The van der Waals surface area contributed by atoms with E-state index < -0.39 is 11.7 Å². The number of halogens is 3. The fourth-order valence-corrected chi connectivity index (χ4v) is 3.56. The Balaban J connectivity index is 1.79. The molecule has 0 unspecified atom stereocenters. The minimum Gasteiger partial charge on any atom is -0.324 e. The molecular formula is C21H22F3N3O2. The van der Waals surface area contributed by atoms with Gasteiger partial charge in [-0.15, -0.1) is 0 Å². The van der Waals surface area contributed by atoms with Crippen molar-refractivity contribution in [2.24, 2.45) is 0 Å². The number of alkyl halides is 3. The van der Waals surface area contributed by atoms with Gasteiger partial charge in [-0.3, -0.25) is 14.5 Å². The topological polar surface area (TPSA) is 52.7 Å². The van der Waals surface area contributed by atoms with Crippen molar-refractivity contribution in [2.45, 2.75) is 32.1 Å². The van der Waals surface area contributed by atoms with Gasteiger partial charge in [0.25, 0.3) is 0 Å². The van der Waals surface area contributed by atoms with Crippen LogP contribution in [-0.4, -0.2) is 36.3 Å². The maximum Gasteiger partial charge on any atom is 0.416 e. The molecule has 1 aliphatic heterocycles. The summed E-state index contributed by atoms with van der Waals surface area (Å²) < 4.78 is 39.7. The molecule has 1 aliphatic rings. The number of carbonyl (C=O) groups is 2. The number of fused-ring (bicyclic) bond motifs is 1. The van der Waals surface area contributed by atoms with Crippen molar-refractivity contribution < 1.29 is 22.8 Å². The Morgan fingerprint density at radius 1 is 1.17 bits per heavy atom. The molecular weight excluding hydrogens is 383 g/mol. The van der Waals surface area contributed by atoms with Gasteiger partial charge in [-0.05, 0) is 37.7 Å². The van der Waals surface area contributed by atoms with E-state index in [0.29, 0.717) is 11.4 Å². The van der Waals surface area contributed by atoms with Crippen LogP contribution in [0.5, 0.6) is 0 Å². The van der Waals surface area contributed by atoms with Crippen molar-refractivity contribution in [3.8, 4) is 0 Å². The third kappa shape index (κ3) is 4.76. The summed E-state index contributed by atoms with van der Waals surface area (Å²) in [5.74, 6) is -0.471. The molecule has 0 bridgehead atoms. The minimum absolute atomic E-state index is 0.0253. The Morgan fingerprint density at radius 2 is 1.83 bits per heavy atom. The summed E-state index contributed by atoms with van der Waals surface area (Å²) in [5.41, 5.74) is 0.527. The first kappa shape index (κ1) is 20.9. The van der Waals surface area contributed by atoms with Crippen LogP contribution in [-0.2, 0) is 22.3 Å². The number of anilines is 2. The molecule has 5 nitrogen and oxygen atoms in total. The molecule has 2 amide bonds. The lowest BCUT2D eigenvalue weighted by molar-refractivity contribution is -0.138. The minimum atomic E-state index is -4.45. The average molecular weight is 405 g/mol. The number of carbonyl (C=O) groups excluding carboxylic acids is 2. The quantitative estimate of drug-likeness (QED) is 0.840. The second-order valence-corrected chi connectivity index (χ2v) is 7.21. The zero-order chi connectivity index (χ0) is 21.2. The zero-order valence-corrected chi connectivity index (χ0v) is 16.2. The summed E-state index contributed by atoms with van der Waals surface area (Å²) in [5, 5.41) is 2.78. The smallest absolute Gasteiger partial charge is 0.324 e. The van der Waals surface area contributed by atoms with Crippen LogP contribution in [0.1, 0.15) is 24.5 Å². The van der Waals surface area contributed by atoms with Gasteiger partial charge in [0.2, 0.25) is 11.8 Å². The van der Waals surface area contributed by atoms with Gasteiger partial charge in [-0.1, -0.05) is 30.3 Å². The molecule has 1 N–H and O–H groups in total. The summed E-state index contributed by atoms with van der Waals surface area (Å²) in [7, 11) is 1.60. The Hall–Kier alpha value is -2.87. The molecule has 0 aromatic heterocycles. The van der Waals surface area contributed by atoms with E-state index in [-0.39, 0.29) is 42.9 Å². The molecule has 154 valence electrons. The highest BCUT2D eigenvalue weighted by Crippen LogP contribution is 2.33. The van der Waals surface area contributed by atoms with E-state index in [4.69, 9.17) is 0 Å². The number of amides is 2. The molecule has 0 spiro atoms. The number of hydrogen-bond donors (Lipinski definition) is 1. The molecule has 8 heteroatoms. The number of benzene rings is 2. The molecule has 1 atom stereocenters. The Labute approximate surface area is 167 Å². The van der Waals surface area contributed by atoms with Gasteiger partial charge in [-0.2, -0.15) is 13.2 Å². The molecule has 2 aromatic carbocycles. The lowest BCUT2D eigenvalue weighted by Gasteiger charge is -2.30. The van der Waals surface area contributed by atoms with Crippen molar-refractivity contribution in [1.29, 1.82) is 0 Å². The van der Waals surface area contributed by atoms with E-state index in [2.05, 4.69) is 5.32 Å². The highest BCUT2D eigenvalue weighted by atomic mass is 19.4. The Kier molecular flexibility index (Phi) is 5.93. The van der Waals surface area contributed by atoms with Crippen LogP contribution in [0, 0.1) is 0 Å². The predicted molar refractivity (Wildman–Crippen MR) is 104 cm³/mol. The van der Waals surface area contributed by atoms with Gasteiger partial charge >= 0.3 is 6.18 Å². The number of hydrogen-bond acceptors (Lipinski definition) is 3. The maximum atomic E-state index is 13.2. The molecule has 0 radical (unpaired) electrons. The molecule has 0 saturated carbocycles. The van der Waals surface area contributed by atoms with Crippen LogP contribution in [0.2, 0.25) is 0 Å². The summed E-state index contributed by atoms with van der Waals surface area (Å²) >= 11 is 0. The third-order valence-corrected chi connectivity index (χ3v) is 4.80. The number of likely N-dealkylation sites (N-methyl/N-ethyl adjacent to an activating group) is 1. The zero-order valence-electron chi connectivity index (χ0n) is 16.2. The number of nitrogens with zero attached hydrogens (tertiary/aromatic N) is 2. The average Bonchev–Trinajstić information content (AvgIpc) is 2.75. The highest BCUT2D eigenvalue weighted by molar-refractivity contribution is 6.04. The van der Waals surface area contributed by atoms with Crippen LogP contribution in [0.3, 0.4) is 0 Å². The highest BCUT2D eigenvalue weighted by Gasteiger charge is 2.34. The van der Waals surface area contributed by atoms with Gasteiger partial charge < -0.3 is 10.2 Å². The van der Waals surface area contributed by atoms with Crippen LogP contribution >= 0.6 is 0 Å².